The summed E-state index contributed by atoms with van der Waals surface area (Å²) in [6, 6.07) is 12.4. The Labute approximate surface area is 139 Å². The molecular weight excluding hydrogens is 314 g/mol. The number of rotatable bonds is 7. The topological polar surface area (TPSA) is 56.5 Å². The number of nitriles is 1. The van der Waals surface area contributed by atoms with Crippen molar-refractivity contribution in [3.8, 4) is 11.8 Å². The van der Waals surface area contributed by atoms with Crippen LogP contribution in [-0.2, 0) is 6.54 Å². The molecule has 24 heavy (non-hydrogen) atoms. The number of aliphatic hydroxyl groups is 1. The first-order valence-electron chi connectivity index (χ1n) is 7.41. The zero-order chi connectivity index (χ0) is 17.5. The lowest BCUT2D eigenvalue weighted by Gasteiger charge is -2.21. The average Bonchev–Trinajstić information content (AvgIpc) is 2.56. The lowest BCUT2D eigenvalue weighted by Crippen LogP contribution is -2.32. The highest BCUT2D eigenvalue weighted by atomic mass is 19.2. The molecule has 1 N–H and O–H groups in total. The quantitative estimate of drug-likeness (QED) is 0.847. The normalized spacial score (nSPS) is 12.0. The van der Waals surface area contributed by atoms with Crippen molar-refractivity contribution in [1.82, 2.24) is 4.90 Å². The van der Waals surface area contributed by atoms with E-state index in [0.717, 1.165) is 12.1 Å². The van der Waals surface area contributed by atoms with Gasteiger partial charge in [-0.25, -0.2) is 8.78 Å². The molecule has 0 saturated heterocycles. The second kappa shape index (κ2) is 8.39. The number of benzene rings is 2. The maximum atomic E-state index is 13.2. The SMILES string of the molecule is CN(Cc1ccc(F)c(F)c1)CC(O)COc1ccc(C#N)cc1. The molecule has 6 heteroatoms. The van der Waals surface area contributed by atoms with Crippen LogP contribution in [0.3, 0.4) is 0 Å². The Kier molecular flexibility index (Phi) is 6.24. The van der Waals surface area contributed by atoms with Gasteiger partial charge >= 0.3 is 0 Å². The summed E-state index contributed by atoms with van der Waals surface area (Å²) in [4.78, 5) is 1.79. The van der Waals surface area contributed by atoms with Crippen LogP contribution in [0.2, 0.25) is 0 Å². The molecule has 1 unspecified atom stereocenters. The van der Waals surface area contributed by atoms with Gasteiger partial charge in [0.1, 0.15) is 18.5 Å². The summed E-state index contributed by atoms with van der Waals surface area (Å²) in [6.45, 7) is 0.786. The van der Waals surface area contributed by atoms with E-state index in [-0.39, 0.29) is 6.61 Å². The number of ether oxygens (including phenoxy) is 1. The molecule has 0 aliphatic carbocycles. The summed E-state index contributed by atoms with van der Waals surface area (Å²) < 4.78 is 31.5. The summed E-state index contributed by atoms with van der Waals surface area (Å²) in [5, 5.41) is 18.7. The van der Waals surface area contributed by atoms with Crippen molar-refractivity contribution in [2.45, 2.75) is 12.6 Å². The summed E-state index contributed by atoms with van der Waals surface area (Å²) in [5.41, 5.74) is 1.16. The smallest absolute Gasteiger partial charge is 0.159 e. The zero-order valence-corrected chi connectivity index (χ0v) is 13.2. The molecule has 0 spiro atoms. The minimum absolute atomic E-state index is 0.0913. The van der Waals surface area contributed by atoms with Crippen LogP contribution in [0, 0.1) is 23.0 Å². The Morgan fingerprint density at radius 3 is 2.50 bits per heavy atom. The number of hydrogen-bond donors (Lipinski definition) is 1. The van der Waals surface area contributed by atoms with E-state index >= 15 is 0 Å². The van der Waals surface area contributed by atoms with E-state index in [4.69, 9.17) is 10.00 Å². The predicted molar refractivity (Wildman–Crippen MR) is 85.4 cm³/mol. The fraction of sp³-hybridized carbons (Fsp3) is 0.278. The molecule has 0 bridgehead atoms. The molecule has 0 amide bonds. The number of aliphatic hydroxyl groups excluding tert-OH is 1. The Hall–Kier alpha value is -2.49. The fourth-order valence-electron chi connectivity index (χ4n) is 2.24. The highest BCUT2D eigenvalue weighted by Gasteiger charge is 2.11. The van der Waals surface area contributed by atoms with E-state index in [1.54, 1.807) is 36.2 Å². The maximum Gasteiger partial charge on any atom is 0.159 e. The molecule has 2 aromatic carbocycles. The van der Waals surface area contributed by atoms with Crippen molar-refractivity contribution in [1.29, 1.82) is 5.26 Å². The highest BCUT2D eigenvalue weighted by molar-refractivity contribution is 5.34. The van der Waals surface area contributed by atoms with Crippen LogP contribution in [0.4, 0.5) is 8.78 Å². The average molecular weight is 332 g/mol. The van der Waals surface area contributed by atoms with Crippen molar-refractivity contribution < 1.29 is 18.6 Å². The number of hydrogen-bond acceptors (Lipinski definition) is 4. The third-order valence-corrected chi connectivity index (χ3v) is 3.38. The molecule has 0 aliphatic heterocycles. The fourth-order valence-corrected chi connectivity index (χ4v) is 2.24. The second-order valence-electron chi connectivity index (χ2n) is 5.55. The van der Waals surface area contributed by atoms with Crippen LogP contribution < -0.4 is 4.74 Å². The molecule has 0 aliphatic rings. The van der Waals surface area contributed by atoms with Crippen LogP contribution >= 0.6 is 0 Å². The summed E-state index contributed by atoms with van der Waals surface area (Å²) in [5.74, 6) is -1.20. The van der Waals surface area contributed by atoms with Crippen LogP contribution in [-0.4, -0.2) is 36.3 Å². The maximum absolute atomic E-state index is 13.2. The van der Waals surface area contributed by atoms with Crippen molar-refractivity contribution in [3.05, 3.63) is 65.2 Å². The van der Waals surface area contributed by atoms with Crippen LogP contribution in [0.1, 0.15) is 11.1 Å². The monoisotopic (exact) mass is 332 g/mol. The van der Waals surface area contributed by atoms with Gasteiger partial charge in [-0.3, -0.25) is 4.90 Å². The van der Waals surface area contributed by atoms with Gasteiger partial charge in [-0.2, -0.15) is 5.26 Å². The summed E-state index contributed by atoms with van der Waals surface area (Å²) in [7, 11) is 1.77. The molecule has 0 radical (unpaired) electrons. The number of likely N-dealkylation sites (N-methyl/N-ethyl adjacent to an activating group) is 1. The zero-order valence-electron chi connectivity index (χ0n) is 13.2. The number of nitrogens with zero attached hydrogens (tertiary/aromatic N) is 2. The lowest BCUT2D eigenvalue weighted by atomic mass is 10.2. The predicted octanol–water partition coefficient (Wildman–Crippen LogP) is 2.71. The molecular formula is C18H18F2N2O2. The van der Waals surface area contributed by atoms with Gasteiger partial charge in [0.25, 0.3) is 0 Å². The van der Waals surface area contributed by atoms with Gasteiger partial charge in [0, 0.05) is 13.1 Å². The standard InChI is InChI=1S/C18H18F2N2O2/c1-22(10-14-4-7-17(19)18(20)8-14)11-15(23)12-24-16-5-2-13(9-21)3-6-16/h2-8,15,23H,10-12H2,1H3. The Bertz CT molecular complexity index is 714. The van der Waals surface area contributed by atoms with E-state index in [9.17, 15) is 13.9 Å². The molecule has 4 nitrogen and oxygen atoms in total. The molecule has 0 fully saturated rings. The summed E-state index contributed by atoms with van der Waals surface area (Å²) >= 11 is 0. The molecule has 0 aromatic heterocycles. The minimum atomic E-state index is -0.884. The Morgan fingerprint density at radius 1 is 1.17 bits per heavy atom. The van der Waals surface area contributed by atoms with E-state index in [2.05, 4.69) is 0 Å². The van der Waals surface area contributed by atoms with Crippen LogP contribution in [0.25, 0.3) is 0 Å². The van der Waals surface area contributed by atoms with E-state index < -0.39 is 17.7 Å². The Balaban J connectivity index is 1.79. The molecule has 0 heterocycles. The summed E-state index contributed by atoms with van der Waals surface area (Å²) in [6.07, 6.45) is -0.740. The Morgan fingerprint density at radius 2 is 1.88 bits per heavy atom. The van der Waals surface area contributed by atoms with E-state index in [0.29, 0.717) is 30.0 Å². The van der Waals surface area contributed by atoms with Crippen molar-refractivity contribution in [2.24, 2.45) is 0 Å². The first kappa shape index (κ1) is 17.9. The van der Waals surface area contributed by atoms with Gasteiger partial charge in [-0.05, 0) is 49.0 Å². The van der Waals surface area contributed by atoms with Crippen LogP contribution in [0.5, 0.6) is 5.75 Å². The first-order chi connectivity index (χ1) is 11.5. The van der Waals surface area contributed by atoms with Crippen molar-refractivity contribution in [3.63, 3.8) is 0 Å². The lowest BCUT2D eigenvalue weighted by molar-refractivity contribution is 0.0743. The first-order valence-corrected chi connectivity index (χ1v) is 7.41. The van der Waals surface area contributed by atoms with Crippen molar-refractivity contribution in [2.75, 3.05) is 20.2 Å². The van der Waals surface area contributed by atoms with Crippen molar-refractivity contribution >= 4 is 0 Å². The third-order valence-electron chi connectivity index (χ3n) is 3.38. The van der Waals surface area contributed by atoms with Gasteiger partial charge in [0.15, 0.2) is 11.6 Å². The van der Waals surface area contributed by atoms with Gasteiger partial charge in [0.05, 0.1) is 11.6 Å². The highest BCUT2D eigenvalue weighted by Crippen LogP contribution is 2.13. The van der Waals surface area contributed by atoms with Crippen LogP contribution in [0.15, 0.2) is 42.5 Å². The van der Waals surface area contributed by atoms with Gasteiger partial charge in [-0.15, -0.1) is 0 Å². The molecule has 0 saturated carbocycles. The minimum Gasteiger partial charge on any atom is -0.491 e. The molecule has 126 valence electrons. The van der Waals surface area contributed by atoms with Gasteiger partial charge < -0.3 is 9.84 Å². The second-order valence-corrected chi connectivity index (χ2v) is 5.55. The molecule has 1 atom stereocenters. The third kappa shape index (κ3) is 5.30. The van der Waals surface area contributed by atoms with E-state index in [1.807, 2.05) is 6.07 Å². The van der Waals surface area contributed by atoms with E-state index in [1.165, 1.54) is 6.07 Å². The molecule has 2 rings (SSSR count). The number of halogens is 2. The molecule has 2 aromatic rings. The van der Waals surface area contributed by atoms with Gasteiger partial charge in [-0.1, -0.05) is 6.07 Å². The van der Waals surface area contributed by atoms with Gasteiger partial charge in [0.2, 0.25) is 0 Å². The largest absolute Gasteiger partial charge is 0.491 e.